The molecule has 1 aromatic rings. The quantitative estimate of drug-likeness (QED) is 0.783. The largest absolute Gasteiger partial charge is 0.452 e. The third kappa shape index (κ3) is 4.53. The van der Waals surface area contributed by atoms with E-state index >= 15 is 0 Å². The molecular formula is C13H22BrN3O3S. The summed E-state index contributed by atoms with van der Waals surface area (Å²) >= 11 is 3.20. The number of rotatable bonds is 6. The Balaban J connectivity index is 2.06. The smallest absolute Gasteiger partial charge is 0.245 e. The van der Waals surface area contributed by atoms with Crippen molar-refractivity contribution >= 4 is 26.0 Å². The van der Waals surface area contributed by atoms with Crippen LogP contribution in [0.5, 0.6) is 0 Å². The van der Waals surface area contributed by atoms with Crippen LogP contribution in [0.3, 0.4) is 0 Å². The summed E-state index contributed by atoms with van der Waals surface area (Å²) in [5.74, 6) is 0.604. The standard InChI is InChI=1S/C13H22BrN3O3S/c1-3-15-9-11-8-12(13(14)20-11)21(18,19)16-10-4-6-17(2)7-5-10/h8,10,15-16H,3-7,9H2,1-2H3. The third-order valence-corrected chi connectivity index (χ3v) is 5.96. The summed E-state index contributed by atoms with van der Waals surface area (Å²) in [7, 11) is -1.50. The first-order valence-electron chi connectivity index (χ1n) is 7.12. The molecule has 0 amide bonds. The normalized spacial score (nSPS) is 18.2. The summed E-state index contributed by atoms with van der Waals surface area (Å²) in [6, 6.07) is 1.56. The SMILES string of the molecule is CCNCc1cc(S(=O)(=O)NC2CCN(C)CC2)c(Br)o1. The Morgan fingerprint density at radius 2 is 2.10 bits per heavy atom. The molecule has 0 aromatic carbocycles. The fourth-order valence-corrected chi connectivity index (χ4v) is 4.63. The van der Waals surface area contributed by atoms with Crippen molar-refractivity contribution in [2.24, 2.45) is 0 Å². The van der Waals surface area contributed by atoms with Gasteiger partial charge in [-0.15, -0.1) is 0 Å². The fourth-order valence-electron chi connectivity index (χ4n) is 2.33. The average molecular weight is 380 g/mol. The Morgan fingerprint density at radius 3 is 2.71 bits per heavy atom. The van der Waals surface area contributed by atoms with E-state index in [4.69, 9.17) is 4.42 Å². The molecular weight excluding hydrogens is 358 g/mol. The molecule has 1 aliphatic heterocycles. The zero-order valence-corrected chi connectivity index (χ0v) is 14.8. The number of nitrogens with zero attached hydrogens (tertiary/aromatic N) is 1. The van der Waals surface area contributed by atoms with Crippen LogP contribution < -0.4 is 10.0 Å². The van der Waals surface area contributed by atoms with E-state index in [-0.39, 0.29) is 15.6 Å². The zero-order chi connectivity index (χ0) is 15.5. The average Bonchev–Trinajstić information content (AvgIpc) is 2.81. The van der Waals surface area contributed by atoms with Gasteiger partial charge in [-0.25, -0.2) is 13.1 Å². The van der Waals surface area contributed by atoms with Gasteiger partial charge in [0, 0.05) is 12.1 Å². The summed E-state index contributed by atoms with van der Waals surface area (Å²) in [4.78, 5) is 2.38. The lowest BCUT2D eigenvalue weighted by Crippen LogP contribution is -2.43. The molecule has 6 nitrogen and oxygen atoms in total. The number of sulfonamides is 1. The first kappa shape index (κ1) is 17.0. The summed E-state index contributed by atoms with van der Waals surface area (Å²) in [5, 5.41) is 3.11. The van der Waals surface area contributed by atoms with E-state index in [9.17, 15) is 8.42 Å². The zero-order valence-electron chi connectivity index (χ0n) is 12.4. The predicted octanol–water partition coefficient (Wildman–Crippen LogP) is 1.52. The molecule has 1 aromatic heterocycles. The molecule has 2 heterocycles. The molecule has 0 bridgehead atoms. The van der Waals surface area contributed by atoms with Gasteiger partial charge in [-0.05, 0) is 55.5 Å². The van der Waals surface area contributed by atoms with Gasteiger partial charge in [0.2, 0.25) is 10.0 Å². The van der Waals surface area contributed by atoms with Gasteiger partial charge in [-0.2, -0.15) is 0 Å². The summed E-state index contributed by atoms with van der Waals surface area (Å²) < 4.78 is 33.4. The van der Waals surface area contributed by atoms with E-state index in [1.165, 1.54) is 0 Å². The molecule has 0 spiro atoms. The Bertz CT molecular complexity index is 565. The monoisotopic (exact) mass is 379 g/mol. The van der Waals surface area contributed by atoms with Gasteiger partial charge in [0.25, 0.3) is 0 Å². The molecule has 8 heteroatoms. The van der Waals surface area contributed by atoms with Gasteiger partial charge in [0.1, 0.15) is 10.7 Å². The Kier molecular flexibility index (Phi) is 5.84. The highest BCUT2D eigenvalue weighted by Crippen LogP contribution is 2.26. The van der Waals surface area contributed by atoms with Crippen molar-refractivity contribution in [2.45, 2.75) is 37.2 Å². The number of halogens is 1. The second kappa shape index (κ2) is 7.23. The molecule has 0 unspecified atom stereocenters. The molecule has 120 valence electrons. The van der Waals surface area contributed by atoms with E-state index in [0.29, 0.717) is 12.3 Å². The summed E-state index contributed by atoms with van der Waals surface area (Å²) in [6.45, 7) is 5.11. The second-order valence-corrected chi connectivity index (χ2v) is 7.73. The van der Waals surface area contributed by atoms with Gasteiger partial charge in [0.15, 0.2) is 4.67 Å². The number of furan rings is 1. The van der Waals surface area contributed by atoms with Crippen molar-refractivity contribution in [2.75, 3.05) is 26.7 Å². The van der Waals surface area contributed by atoms with Gasteiger partial charge in [-0.1, -0.05) is 6.92 Å². The number of likely N-dealkylation sites (tertiary alicyclic amines) is 1. The predicted molar refractivity (Wildman–Crippen MR) is 84.6 cm³/mol. The Hall–Kier alpha value is -0.410. The maximum absolute atomic E-state index is 12.5. The maximum Gasteiger partial charge on any atom is 0.245 e. The molecule has 2 N–H and O–H groups in total. The van der Waals surface area contributed by atoms with Crippen LogP contribution in [0.2, 0.25) is 0 Å². The van der Waals surface area contributed by atoms with E-state index in [1.807, 2.05) is 14.0 Å². The number of piperidine rings is 1. The van der Waals surface area contributed by atoms with Crippen molar-refractivity contribution in [3.05, 3.63) is 16.5 Å². The van der Waals surface area contributed by atoms with Crippen molar-refractivity contribution in [1.82, 2.24) is 14.9 Å². The maximum atomic E-state index is 12.5. The molecule has 0 atom stereocenters. The first-order valence-corrected chi connectivity index (χ1v) is 9.39. The molecule has 0 aliphatic carbocycles. The van der Waals surface area contributed by atoms with Crippen LogP contribution in [-0.2, 0) is 16.6 Å². The van der Waals surface area contributed by atoms with Crippen LogP contribution in [0.25, 0.3) is 0 Å². The van der Waals surface area contributed by atoms with Crippen molar-refractivity contribution in [1.29, 1.82) is 0 Å². The number of nitrogens with one attached hydrogen (secondary N) is 2. The second-order valence-electron chi connectivity index (χ2n) is 5.33. The minimum atomic E-state index is -3.55. The van der Waals surface area contributed by atoms with Crippen molar-refractivity contribution < 1.29 is 12.8 Å². The van der Waals surface area contributed by atoms with Crippen molar-refractivity contribution in [3.8, 4) is 0 Å². The van der Waals surface area contributed by atoms with Crippen LogP contribution in [0.15, 0.2) is 20.0 Å². The van der Waals surface area contributed by atoms with Crippen LogP contribution in [0, 0.1) is 0 Å². The van der Waals surface area contributed by atoms with Crippen LogP contribution in [0.4, 0.5) is 0 Å². The molecule has 0 radical (unpaired) electrons. The van der Waals surface area contributed by atoms with Gasteiger partial charge in [0.05, 0.1) is 6.54 Å². The molecule has 2 rings (SSSR count). The number of hydrogen-bond donors (Lipinski definition) is 2. The van der Waals surface area contributed by atoms with E-state index in [0.717, 1.165) is 32.5 Å². The minimum Gasteiger partial charge on any atom is -0.452 e. The topological polar surface area (TPSA) is 74.6 Å². The van der Waals surface area contributed by atoms with Gasteiger partial charge >= 0.3 is 0 Å². The molecule has 1 saturated heterocycles. The highest BCUT2D eigenvalue weighted by atomic mass is 79.9. The molecule has 0 saturated carbocycles. The van der Waals surface area contributed by atoms with E-state index < -0.39 is 10.0 Å². The molecule has 1 aliphatic rings. The lowest BCUT2D eigenvalue weighted by Gasteiger charge is -2.29. The highest BCUT2D eigenvalue weighted by Gasteiger charge is 2.27. The van der Waals surface area contributed by atoms with Gasteiger partial charge in [-0.3, -0.25) is 0 Å². The third-order valence-electron chi connectivity index (χ3n) is 3.59. The minimum absolute atomic E-state index is 0.00906. The van der Waals surface area contributed by atoms with Crippen LogP contribution in [-0.4, -0.2) is 46.0 Å². The lowest BCUT2D eigenvalue weighted by molar-refractivity contribution is 0.248. The van der Waals surface area contributed by atoms with Gasteiger partial charge < -0.3 is 14.6 Å². The lowest BCUT2D eigenvalue weighted by atomic mass is 10.1. The van der Waals surface area contributed by atoms with E-state index in [1.54, 1.807) is 6.07 Å². The van der Waals surface area contributed by atoms with Crippen LogP contribution >= 0.6 is 15.9 Å². The van der Waals surface area contributed by atoms with E-state index in [2.05, 4.69) is 30.9 Å². The summed E-state index contributed by atoms with van der Waals surface area (Å²) in [5.41, 5.74) is 0. The van der Waals surface area contributed by atoms with Crippen molar-refractivity contribution in [3.63, 3.8) is 0 Å². The first-order chi connectivity index (χ1) is 9.92. The van der Waals surface area contributed by atoms with Crippen LogP contribution in [0.1, 0.15) is 25.5 Å². The molecule has 21 heavy (non-hydrogen) atoms. The Morgan fingerprint density at radius 1 is 1.43 bits per heavy atom. The Labute approximate surface area is 134 Å². The molecule has 1 fully saturated rings. The number of hydrogen-bond acceptors (Lipinski definition) is 5. The highest BCUT2D eigenvalue weighted by molar-refractivity contribution is 9.10. The fraction of sp³-hybridized carbons (Fsp3) is 0.692. The summed E-state index contributed by atoms with van der Waals surface area (Å²) in [6.07, 6.45) is 1.66.